The molecule has 0 spiro atoms. The van der Waals surface area contributed by atoms with Crippen LogP contribution in [0.2, 0.25) is 0 Å². The average Bonchev–Trinajstić information content (AvgIpc) is 2.39. The highest BCUT2D eigenvalue weighted by Crippen LogP contribution is 2.23. The van der Waals surface area contributed by atoms with Crippen molar-refractivity contribution in [1.29, 1.82) is 0 Å². The van der Waals surface area contributed by atoms with Crippen molar-refractivity contribution in [3.63, 3.8) is 0 Å². The Labute approximate surface area is 94.5 Å². The molecule has 1 aliphatic rings. The van der Waals surface area contributed by atoms with E-state index in [0.717, 1.165) is 30.0 Å². The molecule has 16 heavy (non-hydrogen) atoms. The first-order valence-corrected chi connectivity index (χ1v) is 5.59. The maximum absolute atomic E-state index is 4.25. The van der Waals surface area contributed by atoms with Crippen molar-refractivity contribution in [2.24, 2.45) is 0 Å². The van der Waals surface area contributed by atoms with Gasteiger partial charge in [-0.2, -0.15) is 0 Å². The number of nitrogens with one attached hydrogen (secondary N) is 1. The zero-order valence-electron chi connectivity index (χ0n) is 8.98. The van der Waals surface area contributed by atoms with Gasteiger partial charge in [0.05, 0.1) is 5.69 Å². The molecule has 3 rings (SSSR count). The molecule has 0 saturated carbocycles. The Bertz CT molecular complexity index is 494. The molecule has 2 heterocycles. The quantitative estimate of drug-likeness (QED) is 0.787. The lowest BCUT2D eigenvalue weighted by molar-refractivity contribution is 0.803. The Morgan fingerprint density at radius 2 is 1.94 bits per heavy atom. The molecule has 3 heteroatoms. The average molecular weight is 211 g/mol. The number of benzene rings is 1. The maximum atomic E-state index is 4.25. The highest BCUT2D eigenvalue weighted by molar-refractivity contribution is 5.62. The summed E-state index contributed by atoms with van der Waals surface area (Å²) >= 11 is 0. The molecule has 2 aromatic rings. The van der Waals surface area contributed by atoms with E-state index in [-0.39, 0.29) is 0 Å². The second-order valence-corrected chi connectivity index (χ2v) is 4.00. The number of aryl methyl sites for hydroxylation is 1. The van der Waals surface area contributed by atoms with Gasteiger partial charge in [-0.3, -0.25) is 0 Å². The molecule has 0 amide bonds. The topological polar surface area (TPSA) is 37.8 Å². The van der Waals surface area contributed by atoms with Gasteiger partial charge in [-0.15, -0.1) is 10.2 Å². The molecule has 1 aromatic heterocycles. The fourth-order valence-corrected chi connectivity index (χ4v) is 2.01. The van der Waals surface area contributed by atoms with Crippen molar-refractivity contribution in [1.82, 2.24) is 10.2 Å². The summed E-state index contributed by atoms with van der Waals surface area (Å²) in [7, 11) is 0. The van der Waals surface area contributed by atoms with Crippen molar-refractivity contribution in [3.8, 4) is 11.3 Å². The monoisotopic (exact) mass is 211 g/mol. The first-order valence-electron chi connectivity index (χ1n) is 5.59. The van der Waals surface area contributed by atoms with Crippen molar-refractivity contribution >= 4 is 5.82 Å². The SMILES string of the molecule is c1ccc(-c2cc3c(nn2)NCCC3)cc1. The molecule has 3 nitrogen and oxygen atoms in total. The maximum Gasteiger partial charge on any atom is 0.151 e. The van der Waals surface area contributed by atoms with E-state index in [4.69, 9.17) is 0 Å². The van der Waals surface area contributed by atoms with E-state index < -0.39 is 0 Å². The summed E-state index contributed by atoms with van der Waals surface area (Å²) in [5.41, 5.74) is 3.37. The number of nitrogens with zero attached hydrogens (tertiary/aromatic N) is 2. The molecule has 1 aliphatic heterocycles. The molecule has 80 valence electrons. The van der Waals surface area contributed by atoms with Crippen molar-refractivity contribution in [2.75, 3.05) is 11.9 Å². The van der Waals surface area contributed by atoms with Crippen LogP contribution in [0.1, 0.15) is 12.0 Å². The molecule has 1 aromatic carbocycles. The van der Waals surface area contributed by atoms with Crippen LogP contribution in [0.3, 0.4) is 0 Å². The Balaban J connectivity index is 2.03. The van der Waals surface area contributed by atoms with E-state index in [1.54, 1.807) is 0 Å². The van der Waals surface area contributed by atoms with Gasteiger partial charge in [-0.25, -0.2) is 0 Å². The molecule has 0 fully saturated rings. The second-order valence-electron chi connectivity index (χ2n) is 4.00. The minimum atomic E-state index is 0.950. The Morgan fingerprint density at radius 1 is 1.06 bits per heavy atom. The predicted octanol–water partition coefficient (Wildman–Crippen LogP) is 2.50. The van der Waals surface area contributed by atoms with Gasteiger partial charge in [0.2, 0.25) is 0 Å². The van der Waals surface area contributed by atoms with Crippen molar-refractivity contribution in [3.05, 3.63) is 42.0 Å². The first-order chi connectivity index (χ1) is 7.93. The van der Waals surface area contributed by atoms with E-state index in [0.29, 0.717) is 0 Å². The van der Waals surface area contributed by atoms with Crippen LogP contribution in [0.15, 0.2) is 36.4 Å². The number of rotatable bonds is 1. The summed E-state index contributed by atoms with van der Waals surface area (Å²) in [6.07, 6.45) is 2.27. The highest BCUT2D eigenvalue weighted by Gasteiger charge is 2.11. The van der Waals surface area contributed by atoms with Crippen LogP contribution >= 0.6 is 0 Å². The van der Waals surface area contributed by atoms with E-state index in [1.165, 1.54) is 12.0 Å². The van der Waals surface area contributed by atoms with E-state index >= 15 is 0 Å². The van der Waals surface area contributed by atoms with Gasteiger partial charge < -0.3 is 5.32 Å². The van der Waals surface area contributed by atoms with Crippen LogP contribution in [-0.2, 0) is 6.42 Å². The van der Waals surface area contributed by atoms with E-state index in [9.17, 15) is 0 Å². The minimum Gasteiger partial charge on any atom is -0.368 e. The summed E-state index contributed by atoms with van der Waals surface area (Å²) in [5, 5.41) is 11.8. The lowest BCUT2D eigenvalue weighted by Crippen LogP contribution is -2.14. The predicted molar refractivity (Wildman–Crippen MR) is 64.3 cm³/mol. The summed E-state index contributed by atoms with van der Waals surface area (Å²) in [4.78, 5) is 0. The molecule has 0 bridgehead atoms. The third-order valence-electron chi connectivity index (χ3n) is 2.86. The second kappa shape index (κ2) is 3.93. The lowest BCUT2D eigenvalue weighted by atomic mass is 10.0. The molecular formula is C13H13N3. The summed E-state index contributed by atoms with van der Waals surface area (Å²) in [6.45, 7) is 1.01. The van der Waals surface area contributed by atoms with Gasteiger partial charge in [0.25, 0.3) is 0 Å². The third kappa shape index (κ3) is 1.65. The number of aromatic nitrogens is 2. The highest BCUT2D eigenvalue weighted by atomic mass is 15.2. The number of hydrogen-bond donors (Lipinski definition) is 1. The first kappa shape index (κ1) is 9.33. The van der Waals surface area contributed by atoms with Gasteiger partial charge in [-0.1, -0.05) is 30.3 Å². The van der Waals surface area contributed by atoms with Crippen LogP contribution in [0.5, 0.6) is 0 Å². The summed E-state index contributed by atoms with van der Waals surface area (Å²) in [6, 6.07) is 12.3. The normalized spacial score (nSPS) is 14.0. The fourth-order valence-electron chi connectivity index (χ4n) is 2.01. The molecule has 1 N–H and O–H groups in total. The van der Waals surface area contributed by atoms with E-state index in [2.05, 4.69) is 33.7 Å². The van der Waals surface area contributed by atoms with Gasteiger partial charge in [0.15, 0.2) is 5.82 Å². The van der Waals surface area contributed by atoms with Crippen molar-refractivity contribution < 1.29 is 0 Å². The van der Waals surface area contributed by atoms with Gasteiger partial charge in [0.1, 0.15) is 0 Å². The van der Waals surface area contributed by atoms with Gasteiger partial charge >= 0.3 is 0 Å². The molecule has 0 aliphatic carbocycles. The van der Waals surface area contributed by atoms with Crippen LogP contribution < -0.4 is 5.32 Å². The van der Waals surface area contributed by atoms with Crippen LogP contribution in [0.4, 0.5) is 5.82 Å². The summed E-state index contributed by atoms with van der Waals surface area (Å²) in [5.74, 6) is 0.950. The number of hydrogen-bond acceptors (Lipinski definition) is 3. The molecule has 0 unspecified atom stereocenters. The van der Waals surface area contributed by atoms with Crippen LogP contribution in [0.25, 0.3) is 11.3 Å². The zero-order valence-corrected chi connectivity index (χ0v) is 8.98. The third-order valence-corrected chi connectivity index (χ3v) is 2.86. The minimum absolute atomic E-state index is 0.950. The number of anilines is 1. The Hall–Kier alpha value is -1.90. The molecular weight excluding hydrogens is 198 g/mol. The molecule has 0 radical (unpaired) electrons. The molecule has 0 atom stereocenters. The van der Waals surface area contributed by atoms with Crippen LogP contribution in [0, 0.1) is 0 Å². The fraction of sp³-hybridized carbons (Fsp3) is 0.231. The van der Waals surface area contributed by atoms with Crippen LogP contribution in [-0.4, -0.2) is 16.7 Å². The number of fused-ring (bicyclic) bond motifs is 1. The summed E-state index contributed by atoms with van der Waals surface area (Å²) < 4.78 is 0. The van der Waals surface area contributed by atoms with Gasteiger partial charge in [0, 0.05) is 12.1 Å². The van der Waals surface area contributed by atoms with Gasteiger partial charge in [-0.05, 0) is 24.5 Å². The zero-order chi connectivity index (χ0) is 10.8. The molecule has 0 saturated heterocycles. The lowest BCUT2D eigenvalue weighted by Gasteiger charge is -2.16. The largest absolute Gasteiger partial charge is 0.368 e. The standard InChI is InChI=1S/C13H13N3/c1-2-5-10(6-3-1)12-9-11-7-4-8-14-13(11)16-15-12/h1-3,5-6,9H,4,7-8H2,(H,14,16). The van der Waals surface area contributed by atoms with E-state index in [1.807, 2.05) is 18.2 Å². The van der Waals surface area contributed by atoms with Crippen molar-refractivity contribution in [2.45, 2.75) is 12.8 Å². The smallest absolute Gasteiger partial charge is 0.151 e. The Kier molecular flexibility index (Phi) is 2.29. The Morgan fingerprint density at radius 3 is 2.81 bits per heavy atom.